The zero-order valence-corrected chi connectivity index (χ0v) is 13.7. The van der Waals surface area contributed by atoms with E-state index >= 15 is 0 Å². The number of carbonyl (C=O) groups is 2. The Hall–Kier alpha value is -1.92. The molecule has 2 rings (SSSR count). The predicted octanol–water partition coefficient (Wildman–Crippen LogP) is 1.81. The van der Waals surface area contributed by atoms with Gasteiger partial charge in [-0.05, 0) is 18.8 Å². The van der Waals surface area contributed by atoms with Crippen LogP contribution in [-0.4, -0.2) is 33.4 Å². The number of aromatic nitrogens is 2. The van der Waals surface area contributed by atoms with Crippen molar-refractivity contribution in [1.82, 2.24) is 20.4 Å². The van der Waals surface area contributed by atoms with Crippen LogP contribution in [0.5, 0.6) is 0 Å². The van der Waals surface area contributed by atoms with Gasteiger partial charge in [0.05, 0.1) is 6.54 Å². The first-order chi connectivity index (χ1) is 10.3. The molecular formula is C15H24N4O3. The Morgan fingerprint density at radius 3 is 2.82 bits per heavy atom. The predicted molar refractivity (Wildman–Crippen MR) is 79.6 cm³/mol. The van der Waals surface area contributed by atoms with Crippen molar-refractivity contribution >= 4 is 11.8 Å². The summed E-state index contributed by atoms with van der Waals surface area (Å²) in [4.78, 5) is 29.6. The molecule has 122 valence electrons. The van der Waals surface area contributed by atoms with Crippen molar-refractivity contribution in [3.63, 3.8) is 0 Å². The minimum absolute atomic E-state index is 0.0370. The molecule has 2 heterocycles. The molecule has 2 amide bonds. The molecule has 1 aliphatic rings. The second-order valence-electron chi connectivity index (χ2n) is 6.80. The standard InChI is InChI=1S/C15H24N4O3/c1-5-19-10(6-7-13(19)21)14-17-11(18-22-14)9-16-12(20)8-15(2,3)4/h10H,5-9H2,1-4H3,(H,16,20)/t10-/m0/s1. The van der Waals surface area contributed by atoms with Crippen LogP contribution in [-0.2, 0) is 16.1 Å². The van der Waals surface area contributed by atoms with Crippen molar-refractivity contribution < 1.29 is 14.1 Å². The van der Waals surface area contributed by atoms with Gasteiger partial charge in [0.1, 0.15) is 6.04 Å². The fourth-order valence-corrected chi connectivity index (χ4v) is 2.58. The summed E-state index contributed by atoms with van der Waals surface area (Å²) in [5.41, 5.74) is -0.0572. The minimum Gasteiger partial charge on any atom is -0.349 e. The van der Waals surface area contributed by atoms with E-state index in [1.54, 1.807) is 4.90 Å². The third kappa shape index (κ3) is 4.05. The third-order valence-corrected chi connectivity index (χ3v) is 3.57. The molecule has 1 aliphatic heterocycles. The Labute approximate surface area is 130 Å². The van der Waals surface area contributed by atoms with Gasteiger partial charge in [0, 0.05) is 19.4 Å². The summed E-state index contributed by atoms with van der Waals surface area (Å²) in [7, 11) is 0. The monoisotopic (exact) mass is 308 g/mol. The zero-order chi connectivity index (χ0) is 16.3. The van der Waals surface area contributed by atoms with Gasteiger partial charge in [-0.1, -0.05) is 25.9 Å². The number of hydrogen-bond acceptors (Lipinski definition) is 5. The maximum absolute atomic E-state index is 11.8. The van der Waals surface area contributed by atoms with Crippen molar-refractivity contribution in [2.75, 3.05) is 6.54 Å². The van der Waals surface area contributed by atoms with Crippen molar-refractivity contribution in [2.45, 2.75) is 59.5 Å². The number of amides is 2. The lowest BCUT2D eigenvalue weighted by molar-refractivity contribution is -0.129. The fraction of sp³-hybridized carbons (Fsp3) is 0.733. The van der Waals surface area contributed by atoms with Crippen LogP contribution >= 0.6 is 0 Å². The van der Waals surface area contributed by atoms with Crippen LogP contribution in [0.1, 0.15) is 64.7 Å². The van der Waals surface area contributed by atoms with Crippen molar-refractivity contribution in [3.05, 3.63) is 11.7 Å². The number of hydrogen-bond donors (Lipinski definition) is 1. The Bertz CT molecular complexity index is 547. The Morgan fingerprint density at radius 2 is 2.18 bits per heavy atom. The van der Waals surface area contributed by atoms with Crippen LogP contribution in [0.15, 0.2) is 4.52 Å². The van der Waals surface area contributed by atoms with Crippen molar-refractivity contribution in [1.29, 1.82) is 0 Å². The van der Waals surface area contributed by atoms with E-state index in [9.17, 15) is 9.59 Å². The molecule has 0 spiro atoms. The number of nitrogens with one attached hydrogen (secondary N) is 1. The summed E-state index contributed by atoms with van der Waals surface area (Å²) in [5, 5.41) is 6.67. The Balaban J connectivity index is 1.92. The molecule has 1 aromatic rings. The summed E-state index contributed by atoms with van der Waals surface area (Å²) in [6.07, 6.45) is 1.65. The average molecular weight is 308 g/mol. The molecule has 0 radical (unpaired) electrons. The normalized spacial score (nSPS) is 18.8. The highest BCUT2D eigenvalue weighted by Crippen LogP contribution is 2.31. The zero-order valence-electron chi connectivity index (χ0n) is 13.7. The number of carbonyl (C=O) groups excluding carboxylic acids is 2. The van der Waals surface area contributed by atoms with Crippen LogP contribution in [0.2, 0.25) is 0 Å². The Kier molecular flexibility index (Phi) is 4.83. The molecule has 0 aliphatic carbocycles. The summed E-state index contributed by atoms with van der Waals surface area (Å²) in [6, 6.07) is -0.135. The van der Waals surface area contributed by atoms with Gasteiger partial charge in [-0.15, -0.1) is 0 Å². The smallest absolute Gasteiger partial charge is 0.249 e. The number of nitrogens with zero attached hydrogens (tertiary/aromatic N) is 3. The first-order valence-corrected chi connectivity index (χ1v) is 7.69. The van der Waals surface area contributed by atoms with Gasteiger partial charge < -0.3 is 14.7 Å². The van der Waals surface area contributed by atoms with Gasteiger partial charge in [0.2, 0.25) is 17.7 Å². The fourth-order valence-electron chi connectivity index (χ4n) is 2.58. The lowest BCUT2D eigenvalue weighted by Crippen LogP contribution is -2.28. The SMILES string of the molecule is CCN1C(=O)CC[C@H]1c1nc(CNC(=O)CC(C)(C)C)no1. The molecule has 1 atom stereocenters. The van der Waals surface area contributed by atoms with E-state index in [4.69, 9.17) is 4.52 Å². The first-order valence-electron chi connectivity index (χ1n) is 7.69. The maximum atomic E-state index is 11.8. The van der Waals surface area contributed by atoms with Crippen molar-refractivity contribution in [3.8, 4) is 0 Å². The highest BCUT2D eigenvalue weighted by atomic mass is 16.5. The summed E-state index contributed by atoms with van der Waals surface area (Å²) >= 11 is 0. The molecule has 7 nitrogen and oxygen atoms in total. The molecule has 22 heavy (non-hydrogen) atoms. The summed E-state index contributed by atoms with van der Waals surface area (Å²) in [5.74, 6) is 0.969. The quantitative estimate of drug-likeness (QED) is 0.896. The van der Waals surface area contributed by atoms with Gasteiger partial charge >= 0.3 is 0 Å². The third-order valence-electron chi connectivity index (χ3n) is 3.57. The van der Waals surface area contributed by atoms with E-state index in [1.807, 2.05) is 27.7 Å². The minimum atomic E-state index is -0.135. The average Bonchev–Trinajstić information content (AvgIpc) is 3.00. The summed E-state index contributed by atoms with van der Waals surface area (Å²) in [6.45, 7) is 8.83. The number of likely N-dealkylation sites (tertiary alicyclic amines) is 1. The molecule has 7 heteroatoms. The van der Waals surface area contributed by atoms with Crippen LogP contribution in [0.25, 0.3) is 0 Å². The van der Waals surface area contributed by atoms with E-state index in [2.05, 4.69) is 15.5 Å². The number of rotatable bonds is 5. The molecular weight excluding hydrogens is 284 g/mol. The van der Waals surface area contributed by atoms with E-state index < -0.39 is 0 Å². The van der Waals surface area contributed by atoms with Crippen LogP contribution in [0.3, 0.4) is 0 Å². The highest BCUT2D eigenvalue weighted by molar-refractivity contribution is 5.78. The molecule has 1 saturated heterocycles. The van der Waals surface area contributed by atoms with E-state index in [-0.39, 0.29) is 29.8 Å². The van der Waals surface area contributed by atoms with E-state index in [0.717, 1.165) is 0 Å². The van der Waals surface area contributed by atoms with Crippen LogP contribution < -0.4 is 5.32 Å². The van der Waals surface area contributed by atoms with E-state index in [1.165, 1.54) is 0 Å². The molecule has 1 aromatic heterocycles. The van der Waals surface area contributed by atoms with Crippen LogP contribution in [0, 0.1) is 5.41 Å². The highest BCUT2D eigenvalue weighted by Gasteiger charge is 2.34. The largest absolute Gasteiger partial charge is 0.349 e. The molecule has 1 N–H and O–H groups in total. The molecule has 1 fully saturated rings. The summed E-state index contributed by atoms with van der Waals surface area (Å²) < 4.78 is 5.26. The maximum Gasteiger partial charge on any atom is 0.249 e. The molecule has 0 bridgehead atoms. The van der Waals surface area contributed by atoms with Crippen molar-refractivity contribution in [2.24, 2.45) is 5.41 Å². The van der Waals surface area contributed by atoms with E-state index in [0.29, 0.717) is 37.5 Å². The molecule has 0 aromatic carbocycles. The lowest BCUT2D eigenvalue weighted by atomic mass is 9.92. The Morgan fingerprint density at radius 1 is 1.45 bits per heavy atom. The van der Waals surface area contributed by atoms with Crippen LogP contribution in [0.4, 0.5) is 0 Å². The van der Waals surface area contributed by atoms with Gasteiger partial charge in [-0.25, -0.2) is 0 Å². The molecule has 0 saturated carbocycles. The second kappa shape index (κ2) is 6.46. The second-order valence-corrected chi connectivity index (χ2v) is 6.80. The van der Waals surface area contributed by atoms with Gasteiger partial charge in [-0.2, -0.15) is 4.98 Å². The topological polar surface area (TPSA) is 88.3 Å². The van der Waals surface area contributed by atoms with Gasteiger partial charge in [0.25, 0.3) is 0 Å². The molecule has 0 unspecified atom stereocenters. The lowest BCUT2D eigenvalue weighted by Gasteiger charge is -2.19. The van der Waals surface area contributed by atoms with Gasteiger partial charge in [0.15, 0.2) is 5.82 Å². The first kappa shape index (κ1) is 16.5. The van der Waals surface area contributed by atoms with Gasteiger partial charge in [-0.3, -0.25) is 9.59 Å².